The van der Waals surface area contributed by atoms with Crippen LogP contribution in [0.1, 0.15) is 33.3 Å². The highest BCUT2D eigenvalue weighted by Crippen LogP contribution is 2.13. The zero-order valence-corrected chi connectivity index (χ0v) is 11.2. The Labute approximate surface area is 108 Å². The van der Waals surface area contributed by atoms with E-state index in [1.807, 2.05) is 26.8 Å². The Morgan fingerprint density at radius 3 is 2.33 bits per heavy atom. The Morgan fingerprint density at radius 1 is 1.33 bits per heavy atom. The van der Waals surface area contributed by atoms with Crippen molar-refractivity contribution in [3.63, 3.8) is 0 Å². The van der Waals surface area contributed by atoms with Gasteiger partial charge in [0, 0.05) is 5.69 Å². The lowest BCUT2D eigenvalue weighted by Gasteiger charge is -2.23. The number of anilines is 1. The summed E-state index contributed by atoms with van der Waals surface area (Å²) >= 11 is 0. The van der Waals surface area contributed by atoms with E-state index in [1.54, 1.807) is 31.2 Å². The van der Waals surface area contributed by atoms with Crippen LogP contribution in [0.25, 0.3) is 0 Å². The number of rotatable bonds is 3. The minimum absolute atomic E-state index is 0.299. The molecule has 0 bridgehead atoms. The number of hydrogen-bond donors (Lipinski definition) is 1. The number of nitrogens with zero attached hydrogens (tertiary/aromatic N) is 1. The lowest BCUT2D eigenvalue weighted by molar-refractivity contribution is -0.155. The fourth-order valence-electron chi connectivity index (χ4n) is 1.34. The van der Waals surface area contributed by atoms with Gasteiger partial charge in [0.25, 0.3) is 0 Å². The van der Waals surface area contributed by atoms with E-state index >= 15 is 0 Å². The molecule has 0 radical (unpaired) electrons. The van der Waals surface area contributed by atoms with Gasteiger partial charge in [0.2, 0.25) is 0 Å². The maximum atomic E-state index is 11.7. The van der Waals surface area contributed by atoms with Gasteiger partial charge < -0.3 is 10.1 Å². The average Bonchev–Trinajstić information content (AvgIpc) is 2.27. The average molecular weight is 246 g/mol. The van der Waals surface area contributed by atoms with Gasteiger partial charge in [-0.15, -0.1) is 0 Å². The van der Waals surface area contributed by atoms with Crippen LogP contribution in [0.3, 0.4) is 0 Å². The quantitative estimate of drug-likeness (QED) is 0.833. The Bertz CT molecular complexity index is 452. The molecule has 0 saturated heterocycles. The first-order chi connectivity index (χ1) is 8.31. The lowest BCUT2D eigenvalue weighted by atomic mass is 10.2. The highest BCUT2D eigenvalue weighted by Gasteiger charge is 2.21. The summed E-state index contributed by atoms with van der Waals surface area (Å²) < 4.78 is 5.26. The Morgan fingerprint density at radius 2 is 1.89 bits per heavy atom. The maximum absolute atomic E-state index is 11.7. The van der Waals surface area contributed by atoms with Gasteiger partial charge in [0.05, 0.1) is 11.6 Å². The summed E-state index contributed by atoms with van der Waals surface area (Å²) in [6.07, 6.45) is 0. The predicted octanol–water partition coefficient (Wildman–Crippen LogP) is 2.70. The zero-order chi connectivity index (χ0) is 13.8. The monoisotopic (exact) mass is 246 g/mol. The van der Waals surface area contributed by atoms with Crippen LogP contribution >= 0.6 is 0 Å². The molecule has 1 rings (SSSR count). The summed E-state index contributed by atoms with van der Waals surface area (Å²) in [5.41, 5.74) is 0.885. The molecule has 4 heteroatoms. The van der Waals surface area contributed by atoms with Crippen LogP contribution in [0, 0.1) is 11.3 Å². The molecule has 1 atom stereocenters. The van der Waals surface area contributed by atoms with Gasteiger partial charge in [-0.05, 0) is 52.0 Å². The standard InChI is InChI=1S/C14H18N2O2/c1-10(13(17)18-14(2,3)4)16-12-7-5-11(9-15)6-8-12/h5-8,10,16H,1-4H3. The van der Waals surface area contributed by atoms with Crippen molar-refractivity contribution < 1.29 is 9.53 Å². The smallest absolute Gasteiger partial charge is 0.328 e. The second kappa shape index (κ2) is 5.54. The highest BCUT2D eigenvalue weighted by molar-refractivity contribution is 5.79. The first-order valence-electron chi connectivity index (χ1n) is 5.81. The third-order valence-corrected chi connectivity index (χ3v) is 2.16. The molecule has 1 aromatic rings. The number of nitrogens with one attached hydrogen (secondary N) is 1. The fourth-order valence-corrected chi connectivity index (χ4v) is 1.34. The minimum atomic E-state index is -0.488. The molecule has 0 saturated carbocycles. The number of carbonyl (C=O) groups excluding carboxylic acids is 1. The van der Waals surface area contributed by atoms with Crippen LogP contribution in [-0.2, 0) is 9.53 Å². The maximum Gasteiger partial charge on any atom is 0.328 e. The van der Waals surface area contributed by atoms with Gasteiger partial charge in [0.1, 0.15) is 11.6 Å². The highest BCUT2D eigenvalue weighted by atomic mass is 16.6. The molecule has 4 nitrogen and oxygen atoms in total. The van der Waals surface area contributed by atoms with E-state index in [0.29, 0.717) is 5.56 Å². The van der Waals surface area contributed by atoms with Crippen molar-refractivity contribution in [2.24, 2.45) is 0 Å². The van der Waals surface area contributed by atoms with Crippen molar-refractivity contribution in [3.05, 3.63) is 29.8 Å². The molecular weight excluding hydrogens is 228 g/mol. The Hall–Kier alpha value is -2.02. The van der Waals surface area contributed by atoms with Crippen molar-refractivity contribution >= 4 is 11.7 Å². The van der Waals surface area contributed by atoms with Gasteiger partial charge in [-0.3, -0.25) is 0 Å². The molecular formula is C14H18N2O2. The first kappa shape index (κ1) is 14.0. The largest absolute Gasteiger partial charge is 0.458 e. The van der Waals surface area contributed by atoms with Crippen molar-refractivity contribution in [1.82, 2.24) is 0 Å². The van der Waals surface area contributed by atoms with Crippen LogP contribution in [0.2, 0.25) is 0 Å². The van der Waals surface area contributed by atoms with Crippen LogP contribution < -0.4 is 5.32 Å². The normalized spacial score (nSPS) is 12.4. The van der Waals surface area contributed by atoms with E-state index in [1.165, 1.54) is 0 Å². The molecule has 0 heterocycles. The van der Waals surface area contributed by atoms with E-state index in [9.17, 15) is 4.79 Å². The van der Waals surface area contributed by atoms with E-state index < -0.39 is 11.6 Å². The van der Waals surface area contributed by atoms with Crippen molar-refractivity contribution in [3.8, 4) is 6.07 Å². The number of ether oxygens (including phenoxy) is 1. The van der Waals surface area contributed by atoms with Gasteiger partial charge in [-0.25, -0.2) is 4.79 Å². The molecule has 0 aliphatic heterocycles. The van der Waals surface area contributed by atoms with Gasteiger partial charge in [-0.1, -0.05) is 0 Å². The summed E-state index contributed by atoms with van der Waals surface area (Å²) in [7, 11) is 0. The Kier molecular flexibility index (Phi) is 4.33. The van der Waals surface area contributed by atoms with Gasteiger partial charge in [0.15, 0.2) is 0 Å². The minimum Gasteiger partial charge on any atom is -0.458 e. The molecule has 0 aliphatic carbocycles. The molecule has 1 unspecified atom stereocenters. The molecule has 0 amide bonds. The van der Waals surface area contributed by atoms with Crippen LogP contribution in [0.4, 0.5) is 5.69 Å². The molecule has 96 valence electrons. The molecule has 1 N–H and O–H groups in total. The second-order valence-corrected chi connectivity index (χ2v) is 5.09. The number of esters is 1. The number of carbonyl (C=O) groups is 1. The summed E-state index contributed by atoms with van der Waals surface area (Å²) in [5, 5.41) is 11.7. The molecule has 1 aromatic carbocycles. The van der Waals surface area contributed by atoms with Crippen LogP contribution in [0.5, 0.6) is 0 Å². The molecule has 0 fully saturated rings. The summed E-state index contributed by atoms with van der Waals surface area (Å²) in [6, 6.07) is 8.53. The third-order valence-electron chi connectivity index (χ3n) is 2.16. The molecule has 0 aliphatic rings. The van der Waals surface area contributed by atoms with E-state index in [2.05, 4.69) is 5.32 Å². The summed E-state index contributed by atoms with van der Waals surface area (Å²) in [4.78, 5) is 11.7. The predicted molar refractivity (Wildman–Crippen MR) is 70.1 cm³/mol. The number of benzene rings is 1. The molecule has 0 aromatic heterocycles. The molecule has 0 spiro atoms. The van der Waals surface area contributed by atoms with Crippen LogP contribution in [-0.4, -0.2) is 17.6 Å². The van der Waals surface area contributed by atoms with Gasteiger partial charge >= 0.3 is 5.97 Å². The lowest BCUT2D eigenvalue weighted by Crippen LogP contribution is -2.34. The Balaban J connectivity index is 2.61. The SMILES string of the molecule is CC(Nc1ccc(C#N)cc1)C(=O)OC(C)(C)C. The van der Waals surface area contributed by atoms with Crippen molar-refractivity contribution in [1.29, 1.82) is 5.26 Å². The third kappa shape index (κ3) is 4.46. The van der Waals surface area contributed by atoms with Crippen molar-refractivity contribution in [2.75, 3.05) is 5.32 Å². The first-order valence-corrected chi connectivity index (χ1v) is 5.81. The van der Waals surface area contributed by atoms with E-state index in [0.717, 1.165) is 5.69 Å². The van der Waals surface area contributed by atoms with Crippen LogP contribution in [0.15, 0.2) is 24.3 Å². The topological polar surface area (TPSA) is 62.1 Å². The fraction of sp³-hybridized carbons (Fsp3) is 0.429. The second-order valence-electron chi connectivity index (χ2n) is 5.09. The summed E-state index contributed by atoms with van der Waals surface area (Å²) in [5.74, 6) is -0.299. The number of hydrogen-bond acceptors (Lipinski definition) is 4. The van der Waals surface area contributed by atoms with Crippen molar-refractivity contribution in [2.45, 2.75) is 39.3 Å². The summed E-state index contributed by atoms with van der Waals surface area (Å²) in [6.45, 7) is 7.24. The van der Waals surface area contributed by atoms with E-state index in [-0.39, 0.29) is 5.97 Å². The molecule has 18 heavy (non-hydrogen) atoms. The zero-order valence-electron chi connectivity index (χ0n) is 11.2. The number of nitriles is 1. The van der Waals surface area contributed by atoms with E-state index in [4.69, 9.17) is 10.00 Å². The van der Waals surface area contributed by atoms with Gasteiger partial charge in [-0.2, -0.15) is 5.26 Å².